The summed E-state index contributed by atoms with van der Waals surface area (Å²) < 4.78 is 4.73. The zero-order valence-corrected chi connectivity index (χ0v) is 12.5. The van der Waals surface area contributed by atoms with Crippen molar-refractivity contribution in [3.63, 3.8) is 0 Å². The Morgan fingerprint density at radius 2 is 2.09 bits per heavy atom. The molecule has 0 amide bonds. The molecule has 1 aromatic carbocycles. The van der Waals surface area contributed by atoms with E-state index in [0.29, 0.717) is 11.1 Å². The summed E-state index contributed by atoms with van der Waals surface area (Å²) in [5.74, 6) is -2.04. The molecule has 22 heavy (non-hydrogen) atoms. The highest BCUT2D eigenvalue weighted by atomic mass is 16.5. The number of nitriles is 1. The summed E-state index contributed by atoms with van der Waals surface area (Å²) in [5, 5.41) is 8.85. The lowest BCUT2D eigenvalue weighted by Gasteiger charge is -2.10. The minimum Gasteiger partial charge on any atom is -0.463 e. The second-order valence-electron chi connectivity index (χ2n) is 4.61. The predicted octanol–water partition coefficient (Wildman–Crippen LogP) is 2.46. The first-order valence-corrected chi connectivity index (χ1v) is 6.87. The third kappa shape index (κ3) is 4.98. The first-order valence-electron chi connectivity index (χ1n) is 6.87. The Bertz CT molecular complexity index is 640. The van der Waals surface area contributed by atoms with Crippen molar-refractivity contribution >= 4 is 17.5 Å². The summed E-state index contributed by atoms with van der Waals surface area (Å²) in [7, 11) is 0. The van der Waals surface area contributed by atoms with E-state index >= 15 is 0 Å². The summed E-state index contributed by atoms with van der Waals surface area (Å²) in [6.45, 7) is 3.28. The first kappa shape index (κ1) is 17.3. The number of benzene rings is 1. The van der Waals surface area contributed by atoms with Crippen molar-refractivity contribution in [1.82, 2.24) is 0 Å². The van der Waals surface area contributed by atoms with Gasteiger partial charge < -0.3 is 4.74 Å². The van der Waals surface area contributed by atoms with E-state index in [1.54, 1.807) is 25.1 Å². The minimum absolute atomic E-state index is 0.115. The van der Waals surface area contributed by atoms with Crippen molar-refractivity contribution in [3.8, 4) is 6.07 Å². The van der Waals surface area contributed by atoms with Crippen LogP contribution in [0.2, 0.25) is 0 Å². The topological polar surface area (TPSA) is 84.2 Å². The molecule has 5 nitrogen and oxygen atoms in total. The number of hydrogen-bond acceptors (Lipinski definition) is 5. The van der Waals surface area contributed by atoms with Gasteiger partial charge in [-0.1, -0.05) is 18.2 Å². The smallest absolute Gasteiger partial charge is 0.330 e. The van der Waals surface area contributed by atoms with E-state index < -0.39 is 11.9 Å². The van der Waals surface area contributed by atoms with Crippen molar-refractivity contribution in [2.45, 2.75) is 20.3 Å². The van der Waals surface area contributed by atoms with E-state index in [0.717, 1.165) is 0 Å². The molecule has 0 bridgehead atoms. The molecule has 0 N–H and O–H groups in total. The third-order valence-corrected chi connectivity index (χ3v) is 3.00. The fourth-order valence-corrected chi connectivity index (χ4v) is 1.89. The molecule has 0 spiro atoms. The van der Waals surface area contributed by atoms with Gasteiger partial charge in [0.25, 0.3) is 0 Å². The van der Waals surface area contributed by atoms with Gasteiger partial charge in [-0.2, -0.15) is 5.26 Å². The molecule has 0 aliphatic carbocycles. The van der Waals surface area contributed by atoms with Gasteiger partial charge >= 0.3 is 5.97 Å². The van der Waals surface area contributed by atoms with Gasteiger partial charge in [0.2, 0.25) is 0 Å². The molecule has 114 valence electrons. The number of ether oxygens (including phenoxy) is 1. The van der Waals surface area contributed by atoms with E-state index in [9.17, 15) is 14.4 Å². The van der Waals surface area contributed by atoms with Gasteiger partial charge in [0, 0.05) is 11.6 Å². The van der Waals surface area contributed by atoms with Crippen LogP contribution in [0.4, 0.5) is 0 Å². The maximum absolute atomic E-state index is 12.4. The number of allylic oxidation sites excluding steroid dienone is 1. The fourth-order valence-electron chi connectivity index (χ4n) is 1.89. The predicted molar refractivity (Wildman–Crippen MR) is 80.0 cm³/mol. The Balaban J connectivity index is 2.86. The number of esters is 1. The molecule has 0 radical (unpaired) electrons. The fraction of sp³-hybridized carbons (Fsp3) is 0.294. The molecule has 5 heteroatoms. The number of carbonyl (C=O) groups is 3. The van der Waals surface area contributed by atoms with Crippen molar-refractivity contribution in [2.24, 2.45) is 5.92 Å². The molecule has 1 rings (SSSR count). The molecule has 1 atom stereocenters. The van der Waals surface area contributed by atoms with Gasteiger partial charge in [-0.05, 0) is 32.4 Å². The van der Waals surface area contributed by atoms with E-state index in [2.05, 4.69) is 0 Å². The summed E-state index contributed by atoms with van der Waals surface area (Å²) in [5.41, 5.74) is 0.666. The van der Waals surface area contributed by atoms with Gasteiger partial charge in [0.15, 0.2) is 5.78 Å². The van der Waals surface area contributed by atoms with Crippen LogP contribution in [0, 0.1) is 17.2 Å². The quantitative estimate of drug-likeness (QED) is 0.334. The molecule has 0 saturated heterocycles. The summed E-state index contributed by atoms with van der Waals surface area (Å²) in [4.78, 5) is 35.3. The van der Waals surface area contributed by atoms with Crippen LogP contribution in [0.15, 0.2) is 36.4 Å². The maximum atomic E-state index is 12.4. The Morgan fingerprint density at radius 1 is 1.36 bits per heavy atom. The Morgan fingerprint density at radius 3 is 2.68 bits per heavy atom. The van der Waals surface area contributed by atoms with Crippen molar-refractivity contribution in [3.05, 3.63) is 47.5 Å². The normalized spacial score (nSPS) is 11.7. The Labute approximate surface area is 129 Å². The van der Waals surface area contributed by atoms with Crippen LogP contribution in [0.5, 0.6) is 0 Å². The number of nitrogens with zero attached hydrogens (tertiary/aromatic N) is 1. The molecular weight excluding hydrogens is 282 g/mol. The van der Waals surface area contributed by atoms with E-state index in [-0.39, 0.29) is 24.6 Å². The second-order valence-corrected chi connectivity index (χ2v) is 4.61. The van der Waals surface area contributed by atoms with Gasteiger partial charge in [0.1, 0.15) is 5.78 Å². The third-order valence-electron chi connectivity index (χ3n) is 3.00. The van der Waals surface area contributed by atoms with Crippen molar-refractivity contribution in [1.29, 1.82) is 5.26 Å². The second kappa shape index (κ2) is 8.53. The van der Waals surface area contributed by atoms with E-state index in [1.807, 2.05) is 6.07 Å². The Kier molecular flexibility index (Phi) is 6.71. The number of carbonyl (C=O) groups excluding carboxylic acids is 3. The summed E-state index contributed by atoms with van der Waals surface area (Å²) in [6, 6.07) is 8.14. The molecule has 0 heterocycles. The zero-order valence-electron chi connectivity index (χ0n) is 12.5. The average molecular weight is 299 g/mol. The number of rotatable bonds is 7. The minimum atomic E-state index is -0.875. The number of hydrogen-bond donors (Lipinski definition) is 0. The lowest BCUT2D eigenvalue weighted by Crippen LogP contribution is -2.21. The molecule has 0 fully saturated rings. The maximum Gasteiger partial charge on any atom is 0.330 e. The standard InChI is InChI=1S/C17H17NO4/c1-3-22-16(20)9-5-8-15(12(2)19)17(21)14-7-4-6-13(10-14)11-18/h4-7,9-10,15H,3,8H2,1-2H3. The Hall–Kier alpha value is -2.74. The highest BCUT2D eigenvalue weighted by molar-refractivity contribution is 6.10. The molecular formula is C17H17NO4. The molecule has 0 aromatic heterocycles. The summed E-state index contributed by atoms with van der Waals surface area (Å²) in [6.07, 6.45) is 2.78. The van der Waals surface area contributed by atoms with Gasteiger partial charge in [0.05, 0.1) is 24.2 Å². The van der Waals surface area contributed by atoms with Gasteiger partial charge in [-0.3, -0.25) is 9.59 Å². The van der Waals surface area contributed by atoms with Crippen LogP contribution in [0.25, 0.3) is 0 Å². The molecule has 0 aliphatic heterocycles. The van der Waals surface area contributed by atoms with Crippen LogP contribution >= 0.6 is 0 Å². The lowest BCUT2D eigenvalue weighted by atomic mass is 9.90. The largest absolute Gasteiger partial charge is 0.463 e. The van der Waals surface area contributed by atoms with Crippen LogP contribution in [0.3, 0.4) is 0 Å². The molecule has 1 aromatic rings. The van der Waals surface area contributed by atoms with Crippen molar-refractivity contribution < 1.29 is 19.1 Å². The lowest BCUT2D eigenvalue weighted by molar-refractivity contribution is -0.137. The van der Waals surface area contributed by atoms with Crippen molar-refractivity contribution in [2.75, 3.05) is 6.61 Å². The molecule has 0 aliphatic rings. The van der Waals surface area contributed by atoms with Gasteiger partial charge in [-0.15, -0.1) is 0 Å². The average Bonchev–Trinajstić information content (AvgIpc) is 2.51. The van der Waals surface area contributed by atoms with Crippen LogP contribution in [0.1, 0.15) is 36.2 Å². The zero-order chi connectivity index (χ0) is 16.5. The van der Waals surface area contributed by atoms with Gasteiger partial charge in [-0.25, -0.2) is 4.79 Å². The first-order chi connectivity index (χ1) is 10.5. The summed E-state index contributed by atoms with van der Waals surface area (Å²) >= 11 is 0. The van der Waals surface area contributed by atoms with Crippen LogP contribution in [-0.2, 0) is 14.3 Å². The molecule has 0 saturated carbocycles. The van der Waals surface area contributed by atoms with Crippen LogP contribution < -0.4 is 0 Å². The van der Waals surface area contributed by atoms with E-state index in [4.69, 9.17) is 10.00 Å². The SMILES string of the molecule is CCOC(=O)C=CCC(C(C)=O)C(=O)c1cccc(C#N)c1. The van der Waals surface area contributed by atoms with Crippen LogP contribution in [-0.4, -0.2) is 24.1 Å². The monoisotopic (exact) mass is 299 g/mol. The van der Waals surface area contributed by atoms with E-state index in [1.165, 1.54) is 25.1 Å². The number of Topliss-reactive ketones (excluding diaryl/α,β-unsaturated/α-hetero) is 2. The highest BCUT2D eigenvalue weighted by Gasteiger charge is 2.23. The highest BCUT2D eigenvalue weighted by Crippen LogP contribution is 2.16. The number of ketones is 2. The molecule has 1 unspecified atom stereocenters.